The van der Waals surface area contributed by atoms with Gasteiger partial charge in [-0.1, -0.05) is 6.92 Å². The molecule has 0 aliphatic heterocycles. The number of hydrogen-bond acceptors (Lipinski definition) is 3. The van der Waals surface area contributed by atoms with Crippen molar-refractivity contribution in [1.29, 1.82) is 0 Å². The lowest BCUT2D eigenvalue weighted by atomic mass is 10.2. The van der Waals surface area contributed by atoms with Crippen LogP contribution in [-0.2, 0) is 13.0 Å². The lowest BCUT2D eigenvalue weighted by molar-refractivity contribution is 0.0702. The largest absolute Gasteiger partial charge is 0.477 e. The Bertz CT molecular complexity index is 476. The van der Waals surface area contributed by atoms with E-state index in [1.54, 1.807) is 6.07 Å². The number of rotatable bonds is 3. The van der Waals surface area contributed by atoms with Crippen molar-refractivity contribution >= 4 is 27.5 Å². The molecule has 0 spiro atoms. The SMILES string of the molecule is CCc1nn(CC)c2sc(C(=O)O)cc12. The molecular weight excluding hydrogens is 212 g/mol. The molecule has 0 amide bonds. The molecule has 0 bridgehead atoms. The number of nitrogens with zero attached hydrogens (tertiary/aromatic N) is 2. The second-order valence-electron chi connectivity index (χ2n) is 3.25. The number of hydrogen-bond donors (Lipinski definition) is 1. The molecule has 2 heterocycles. The minimum Gasteiger partial charge on any atom is -0.477 e. The quantitative estimate of drug-likeness (QED) is 0.870. The third-order valence-corrected chi connectivity index (χ3v) is 3.48. The zero-order valence-corrected chi connectivity index (χ0v) is 9.47. The molecule has 0 unspecified atom stereocenters. The lowest BCUT2D eigenvalue weighted by Gasteiger charge is -1.94. The number of carboxylic acids is 1. The summed E-state index contributed by atoms with van der Waals surface area (Å²) in [5, 5.41) is 14.3. The van der Waals surface area contributed by atoms with E-state index < -0.39 is 5.97 Å². The molecule has 80 valence electrons. The van der Waals surface area contributed by atoms with E-state index in [9.17, 15) is 4.79 Å². The van der Waals surface area contributed by atoms with Crippen molar-refractivity contribution in [3.8, 4) is 0 Å². The summed E-state index contributed by atoms with van der Waals surface area (Å²) in [5.74, 6) is -0.860. The molecule has 0 aromatic carbocycles. The predicted octanol–water partition coefficient (Wildman–Crippen LogP) is 2.38. The van der Waals surface area contributed by atoms with Crippen molar-refractivity contribution in [2.75, 3.05) is 0 Å². The first-order chi connectivity index (χ1) is 7.17. The Morgan fingerprint density at radius 1 is 1.60 bits per heavy atom. The fourth-order valence-electron chi connectivity index (χ4n) is 1.61. The molecule has 0 saturated heterocycles. The molecule has 0 saturated carbocycles. The highest BCUT2D eigenvalue weighted by Crippen LogP contribution is 2.28. The summed E-state index contributed by atoms with van der Waals surface area (Å²) in [4.78, 5) is 12.2. The second kappa shape index (κ2) is 3.66. The van der Waals surface area contributed by atoms with Gasteiger partial charge in [0.2, 0.25) is 0 Å². The van der Waals surface area contributed by atoms with Gasteiger partial charge in [-0.3, -0.25) is 4.68 Å². The number of aryl methyl sites for hydroxylation is 2. The molecule has 2 aromatic rings. The first-order valence-electron chi connectivity index (χ1n) is 4.89. The Morgan fingerprint density at radius 3 is 2.87 bits per heavy atom. The highest BCUT2D eigenvalue weighted by molar-refractivity contribution is 7.20. The van der Waals surface area contributed by atoms with Gasteiger partial charge in [0.1, 0.15) is 9.71 Å². The molecule has 0 aliphatic carbocycles. The highest BCUT2D eigenvalue weighted by Gasteiger charge is 2.15. The maximum atomic E-state index is 10.8. The Hall–Kier alpha value is -1.36. The molecule has 0 atom stereocenters. The van der Waals surface area contributed by atoms with Crippen molar-refractivity contribution in [2.24, 2.45) is 0 Å². The van der Waals surface area contributed by atoms with Crippen LogP contribution in [0.15, 0.2) is 6.07 Å². The zero-order valence-electron chi connectivity index (χ0n) is 8.65. The molecule has 1 N–H and O–H groups in total. The number of carboxylic acid groups (broad SMARTS) is 1. The van der Waals surface area contributed by atoms with Crippen LogP contribution in [0.25, 0.3) is 10.2 Å². The molecule has 2 aromatic heterocycles. The fourth-order valence-corrected chi connectivity index (χ4v) is 2.64. The molecule has 2 rings (SSSR count). The van der Waals surface area contributed by atoms with Crippen LogP contribution < -0.4 is 0 Å². The van der Waals surface area contributed by atoms with E-state index in [0.717, 1.165) is 28.9 Å². The van der Waals surface area contributed by atoms with Crippen LogP contribution in [0.4, 0.5) is 0 Å². The van der Waals surface area contributed by atoms with Gasteiger partial charge in [-0.25, -0.2) is 4.79 Å². The Kier molecular flexibility index (Phi) is 2.48. The molecular formula is C10H12N2O2S. The number of thiophene rings is 1. The van der Waals surface area contributed by atoms with Crippen LogP contribution in [0.2, 0.25) is 0 Å². The topological polar surface area (TPSA) is 55.1 Å². The van der Waals surface area contributed by atoms with Crippen LogP contribution in [0, 0.1) is 0 Å². The third-order valence-electron chi connectivity index (χ3n) is 2.34. The summed E-state index contributed by atoms with van der Waals surface area (Å²) >= 11 is 1.29. The zero-order chi connectivity index (χ0) is 11.0. The lowest BCUT2D eigenvalue weighted by Crippen LogP contribution is -1.96. The van der Waals surface area contributed by atoms with Crippen LogP contribution in [0.3, 0.4) is 0 Å². The summed E-state index contributed by atoms with van der Waals surface area (Å²) in [5.41, 5.74) is 0.982. The van der Waals surface area contributed by atoms with Gasteiger partial charge in [0.05, 0.1) is 5.69 Å². The van der Waals surface area contributed by atoms with E-state index in [2.05, 4.69) is 5.10 Å². The van der Waals surface area contributed by atoms with Crippen LogP contribution in [0.5, 0.6) is 0 Å². The Morgan fingerprint density at radius 2 is 2.33 bits per heavy atom. The Balaban J connectivity index is 2.68. The van der Waals surface area contributed by atoms with Crippen molar-refractivity contribution in [1.82, 2.24) is 9.78 Å². The van der Waals surface area contributed by atoms with Crippen LogP contribution in [-0.4, -0.2) is 20.9 Å². The minimum absolute atomic E-state index is 0.388. The number of carbonyl (C=O) groups is 1. The molecule has 0 radical (unpaired) electrons. The van der Waals surface area contributed by atoms with E-state index in [1.165, 1.54) is 11.3 Å². The predicted molar refractivity (Wildman–Crippen MR) is 59.6 cm³/mol. The summed E-state index contributed by atoms with van der Waals surface area (Å²) in [6, 6.07) is 1.72. The van der Waals surface area contributed by atoms with Gasteiger partial charge >= 0.3 is 5.97 Å². The van der Waals surface area contributed by atoms with Gasteiger partial charge in [-0.15, -0.1) is 11.3 Å². The highest BCUT2D eigenvalue weighted by atomic mass is 32.1. The van der Waals surface area contributed by atoms with Crippen molar-refractivity contribution in [3.05, 3.63) is 16.6 Å². The summed E-state index contributed by atoms with van der Waals surface area (Å²) < 4.78 is 1.87. The molecule has 5 heteroatoms. The number of fused-ring (bicyclic) bond motifs is 1. The van der Waals surface area contributed by atoms with Gasteiger partial charge in [0.25, 0.3) is 0 Å². The fraction of sp³-hybridized carbons (Fsp3) is 0.400. The Labute approximate surface area is 91.1 Å². The van der Waals surface area contributed by atoms with E-state index in [1.807, 2.05) is 18.5 Å². The smallest absolute Gasteiger partial charge is 0.345 e. The maximum absolute atomic E-state index is 10.8. The molecule has 0 aliphatic rings. The van der Waals surface area contributed by atoms with Gasteiger partial charge in [-0.2, -0.15) is 5.10 Å². The molecule has 0 fully saturated rings. The van der Waals surface area contributed by atoms with Crippen LogP contribution in [0.1, 0.15) is 29.2 Å². The van der Waals surface area contributed by atoms with Crippen molar-refractivity contribution in [3.63, 3.8) is 0 Å². The van der Waals surface area contributed by atoms with Crippen molar-refractivity contribution < 1.29 is 9.90 Å². The number of aromatic carboxylic acids is 1. The average molecular weight is 224 g/mol. The van der Waals surface area contributed by atoms with Gasteiger partial charge in [0.15, 0.2) is 0 Å². The maximum Gasteiger partial charge on any atom is 0.345 e. The first-order valence-corrected chi connectivity index (χ1v) is 5.71. The van der Waals surface area contributed by atoms with Crippen molar-refractivity contribution in [2.45, 2.75) is 26.8 Å². The monoisotopic (exact) mass is 224 g/mol. The normalized spacial score (nSPS) is 11.1. The molecule has 4 nitrogen and oxygen atoms in total. The standard InChI is InChI=1S/C10H12N2O2S/c1-3-7-6-5-8(10(13)14)15-9(6)12(4-2)11-7/h5H,3-4H2,1-2H3,(H,13,14). The van der Waals surface area contributed by atoms with E-state index in [0.29, 0.717) is 4.88 Å². The van der Waals surface area contributed by atoms with Crippen LogP contribution >= 0.6 is 11.3 Å². The van der Waals surface area contributed by atoms with Gasteiger partial charge in [-0.05, 0) is 19.4 Å². The average Bonchev–Trinajstić information content (AvgIpc) is 2.74. The van der Waals surface area contributed by atoms with Gasteiger partial charge in [0, 0.05) is 11.9 Å². The second-order valence-corrected chi connectivity index (χ2v) is 4.28. The first kappa shape index (κ1) is 10.2. The van der Waals surface area contributed by atoms with E-state index >= 15 is 0 Å². The van der Waals surface area contributed by atoms with E-state index in [4.69, 9.17) is 5.11 Å². The summed E-state index contributed by atoms with van der Waals surface area (Å²) in [6.45, 7) is 4.81. The minimum atomic E-state index is -0.860. The summed E-state index contributed by atoms with van der Waals surface area (Å²) in [7, 11) is 0. The third kappa shape index (κ3) is 1.52. The van der Waals surface area contributed by atoms with Gasteiger partial charge < -0.3 is 5.11 Å². The van der Waals surface area contributed by atoms with E-state index in [-0.39, 0.29) is 0 Å². The molecule has 15 heavy (non-hydrogen) atoms. The summed E-state index contributed by atoms with van der Waals surface area (Å²) in [6.07, 6.45) is 0.833. The number of aromatic nitrogens is 2.